The first-order chi connectivity index (χ1) is 4.00. The lowest BCUT2D eigenvalue weighted by molar-refractivity contribution is -0.143. The molecule has 0 saturated carbocycles. The van der Waals surface area contributed by atoms with Gasteiger partial charge in [0.1, 0.15) is 5.54 Å². The third-order valence-corrected chi connectivity index (χ3v) is 0.972. The van der Waals surface area contributed by atoms with Crippen LogP contribution in [-0.2, 0) is 4.79 Å². The van der Waals surface area contributed by atoms with Crippen LogP contribution in [0.1, 0.15) is 13.8 Å². The lowest BCUT2D eigenvalue weighted by atomic mass is 10.1. The molecule has 0 aromatic carbocycles. The number of aliphatic carboxylic acids is 1. The molecule has 0 saturated heterocycles. The molecule has 0 rings (SSSR count). The van der Waals surface area contributed by atoms with Gasteiger partial charge < -0.3 is 5.11 Å². The second-order valence-electron chi connectivity index (χ2n) is 2.31. The van der Waals surface area contributed by atoms with Gasteiger partial charge in [-0.05, 0) is 20.9 Å². The Morgan fingerprint density at radius 3 is 2.11 bits per heavy atom. The highest BCUT2D eigenvalue weighted by molar-refractivity contribution is 5.77. The van der Waals surface area contributed by atoms with Crippen molar-refractivity contribution >= 4 is 5.97 Å². The zero-order valence-corrected chi connectivity index (χ0v) is 5.86. The fourth-order valence-electron chi connectivity index (χ4n) is 0.366. The second-order valence-corrected chi connectivity index (χ2v) is 2.31. The Hall–Kier alpha value is -0.610. The molecular formula is C5H12N2O2. The van der Waals surface area contributed by atoms with Crippen LogP contribution in [0.25, 0.3) is 0 Å². The molecule has 0 amide bonds. The molecule has 0 aromatic heterocycles. The molecule has 0 aromatic rings. The lowest BCUT2D eigenvalue weighted by Crippen LogP contribution is -2.52. The average Bonchev–Trinajstić information content (AvgIpc) is 1.65. The van der Waals surface area contributed by atoms with Gasteiger partial charge in [0.05, 0.1) is 0 Å². The molecule has 0 aliphatic carbocycles. The van der Waals surface area contributed by atoms with Gasteiger partial charge in [-0.15, -0.1) is 0 Å². The number of carboxylic acids is 1. The molecule has 0 aliphatic rings. The van der Waals surface area contributed by atoms with Gasteiger partial charge in [-0.3, -0.25) is 10.2 Å². The summed E-state index contributed by atoms with van der Waals surface area (Å²) in [5, 5.41) is 8.47. The number of nitrogens with one attached hydrogen (secondary N) is 2. The Labute approximate surface area is 54.2 Å². The summed E-state index contributed by atoms with van der Waals surface area (Å²) in [6.45, 7) is 3.15. The summed E-state index contributed by atoms with van der Waals surface area (Å²) in [5.74, 6) is -0.878. The predicted molar refractivity (Wildman–Crippen MR) is 33.9 cm³/mol. The summed E-state index contributed by atoms with van der Waals surface area (Å²) in [6.07, 6.45) is 0. The molecule has 0 atom stereocenters. The van der Waals surface area contributed by atoms with Gasteiger partial charge in [-0.2, -0.15) is 0 Å². The van der Waals surface area contributed by atoms with Crippen LogP contribution in [0.2, 0.25) is 0 Å². The molecular weight excluding hydrogens is 120 g/mol. The molecule has 0 spiro atoms. The van der Waals surface area contributed by atoms with E-state index in [1.165, 1.54) is 0 Å². The SMILES string of the molecule is CNNC(C)(C)C(=O)O. The van der Waals surface area contributed by atoms with Crippen molar-refractivity contribution in [1.29, 1.82) is 0 Å². The molecule has 0 unspecified atom stereocenters. The summed E-state index contributed by atoms with van der Waals surface area (Å²) in [4.78, 5) is 10.3. The van der Waals surface area contributed by atoms with E-state index >= 15 is 0 Å². The number of rotatable bonds is 3. The minimum absolute atomic E-state index is 0.878. The number of hydrogen-bond acceptors (Lipinski definition) is 3. The maximum Gasteiger partial charge on any atom is 0.324 e. The van der Waals surface area contributed by atoms with Gasteiger partial charge in [-0.25, -0.2) is 5.43 Å². The van der Waals surface area contributed by atoms with Crippen molar-refractivity contribution in [2.45, 2.75) is 19.4 Å². The summed E-state index contributed by atoms with van der Waals surface area (Å²) in [5.41, 5.74) is 4.24. The van der Waals surface area contributed by atoms with Gasteiger partial charge in [-0.1, -0.05) is 0 Å². The maximum absolute atomic E-state index is 10.3. The minimum Gasteiger partial charge on any atom is -0.480 e. The number of hydrogen-bond donors (Lipinski definition) is 3. The highest BCUT2D eigenvalue weighted by Crippen LogP contribution is 1.98. The Bertz CT molecular complexity index is 112. The molecule has 0 aliphatic heterocycles. The normalized spacial score (nSPS) is 11.4. The quantitative estimate of drug-likeness (QED) is 0.456. The minimum atomic E-state index is -0.894. The smallest absolute Gasteiger partial charge is 0.324 e. The van der Waals surface area contributed by atoms with Crippen molar-refractivity contribution in [3.8, 4) is 0 Å². The topological polar surface area (TPSA) is 61.4 Å². The van der Waals surface area contributed by atoms with Crippen LogP contribution in [0.3, 0.4) is 0 Å². The van der Waals surface area contributed by atoms with Crippen molar-refractivity contribution in [1.82, 2.24) is 10.9 Å². The molecule has 4 nitrogen and oxygen atoms in total. The van der Waals surface area contributed by atoms with Gasteiger partial charge >= 0.3 is 5.97 Å². The van der Waals surface area contributed by atoms with E-state index in [-0.39, 0.29) is 0 Å². The number of hydrazine groups is 1. The largest absolute Gasteiger partial charge is 0.480 e. The van der Waals surface area contributed by atoms with Gasteiger partial charge in [0.2, 0.25) is 0 Å². The lowest BCUT2D eigenvalue weighted by Gasteiger charge is -2.19. The van der Waals surface area contributed by atoms with Crippen LogP contribution < -0.4 is 10.9 Å². The Balaban J connectivity index is 3.85. The van der Waals surface area contributed by atoms with Crippen molar-refractivity contribution in [3.63, 3.8) is 0 Å². The monoisotopic (exact) mass is 132 g/mol. The highest BCUT2D eigenvalue weighted by atomic mass is 16.4. The van der Waals surface area contributed by atoms with Crippen molar-refractivity contribution < 1.29 is 9.90 Å². The first-order valence-electron chi connectivity index (χ1n) is 2.68. The van der Waals surface area contributed by atoms with Crippen LogP contribution in [0.15, 0.2) is 0 Å². The maximum atomic E-state index is 10.3. The van der Waals surface area contributed by atoms with E-state index in [2.05, 4.69) is 10.9 Å². The van der Waals surface area contributed by atoms with Crippen LogP contribution in [-0.4, -0.2) is 23.7 Å². The van der Waals surface area contributed by atoms with E-state index in [1.807, 2.05) is 0 Å². The molecule has 0 radical (unpaired) electrons. The van der Waals surface area contributed by atoms with E-state index in [0.29, 0.717) is 0 Å². The zero-order chi connectivity index (χ0) is 7.49. The van der Waals surface area contributed by atoms with E-state index in [4.69, 9.17) is 5.11 Å². The van der Waals surface area contributed by atoms with Gasteiger partial charge in [0, 0.05) is 0 Å². The Morgan fingerprint density at radius 2 is 2.00 bits per heavy atom. The third kappa shape index (κ3) is 2.43. The third-order valence-electron chi connectivity index (χ3n) is 0.972. The van der Waals surface area contributed by atoms with E-state index < -0.39 is 11.5 Å². The van der Waals surface area contributed by atoms with Crippen LogP contribution in [0.5, 0.6) is 0 Å². The number of carboxylic acid groups (broad SMARTS) is 1. The molecule has 4 heteroatoms. The molecule has 54 valence electrons. The molecule has 9 heavy (non-hydrogen) atoms. The number of carbonyl (C=O) groups is 1. The standard InChI is InChI=1S/C5H12N2O2/c1-5(2,4(8)9)7-6-3/h6-7H,1-3H3,(H,8,9). The molecule has 0 heterocycles. The highest BCUT2D eigenvalue weighted by Gasteiger charge is 2.25. The molecule has 0 fully saturated rings. The molecule has 3 N–H and O–H groups in total. The van der Waals surface area contributed by atoms with Crippen LogP contribution >= 0.6 is 0 Å². The van der Waals surface area contributed by atoms with E-state index in [9.17, 15) is 4.79 Å². The van der Waals surface area contributed by atoms with Crippen molar-refractivity contribution in [3.05, 3.63) is 0 Å². The first kappa shape index (κ1) is 8.39. The molecule has 0 bridgehead atoms. The predicted octanol–water partition coefficient (Wildman–Crippen LogP) is -0.426. The fourth-order valence-corrected chi connectivity index (χ4v) is 0.366. The van der Waals surface area contributed by atoms with Crippen molar-refractivity contribution in [2.75, 3.05) is 7.05 Å². The van der Waals surface area contributed by atoms with Crippen LogP contribution in [0.4, 0.5) is 0 Å². The van der Waals surface area contributed by atoms with Crippen molar-refractivity contribution in [2.24, 2.45) is 0 Å². The summed E-state index contributed by atoms with van der Waals surface area (Å²) < 4.78 is 0. The Morgan fingerprint density at radius 1 is 1.56 bits per heavy atom. The fraction of sp³-hybridized carbons (Fsp3) is 0.800. The van der Waals surface area contributed by atoms with Crippen LogP contribution in [0, 0.1) is 0 Å². The summed E-state index contributed by atoms with van der Waals surface area (Å²) in [6, 6.07) is 0. The van der Waals surface area contributed by atoms with Gasteiger partial charge in [0.15, 0.2) is 0 Å². The Kier molecular flexibility index (Phi) is 2.61. The van der Waals surface area contributed by atoms with Gasteiger partial charge in [0.25, 0.3) is 0 Å². The summed E-state index contributed by atoms with van der Waals surface area (Å²) in [7, 11) is 1.63. The first-order valence-corrected chi connectivity index (χ1v) is 2.68. The van der Waals surface area contributed by atoms with E-state index in [0.717, 1.165) is 0 Å². The summed E-state index contributed by atoms with van der Waals surface area (Å²) >= 11 is 0. The van der Waals surface area contributed by atoms with E-state index in [1.54, 1.807) is 20.9 Å². The average molecular weight is 132 g/mol. The second kappa shape index (κ2) is 2.80. The zero-order valence-electron chi connectivity index (χ0n) is 5.86.